The van der Waals surface area contributed by atoms with Gasteiger partial charge >= 0.3 is 0 Å². The minimum absolute atomic E-state index is 0.117. The summed E-state index contributed by atoms with van der Waals surface area (Å²) in [5.74, 6) is 0.374. The SMILES string of the molecule is CC(C)c1ccc(NC(=O)c2cccc(S)c2)cc1. The molecule has 0 atom stereocenters. The second-order valence-electron chi connectivity index (χ2n) is 4.78. The van der Waals surface area contributed by atoms with Crippen LogP contribution in [0.4, 0.5) is 5.69 Å². The van der Waals surface area contributed by atoms with Crippen molar-refractivity contribution < 1.29 is 4.79 Å². The first-order valence-corrected chi connectivity index (χ1v) is 6.71. The van der Waals surface area contributed by atoms with E-state index in [-0.39, 0.29) is 5.91 Å². The molecule has 0 bridgehead atoms. The van der Waals surface area contributed by atoms with Crippen LogP contribution in [0.5, 0.6) is 0 Å². The summed E-state index contributed by atoms with van der Waals surface area (Å²) in [5, 5.41) is 2.88. The van der Waals surface area contributed by atoms with Crippen LogP contribution in [0, 0.1) is 0 Å². The maximum absolute atomic E-state index is 12.0. The van der Waals surface area contributed by atoms with E-state index in [0.717, 1.165) is 10.6 Å². The maximum atomic E-state index is 12.0. The summed E-state index contributed by atoms with van der Waals surface area (Å²) in [6.07, 6.45) is 0. The van der Waals surface area contributed by atoms with E-state index >= 15 is 0 Å². The standard InChI is InChI=1S/C16H17NOS/c1-11(2)12-6-8-14(9-7-12)17-16(18)13-4-3-5-15(19)10-13/h3-11,19H,1-2H3,(H,17,18). The van der Waals surface area contributed by atoms with Gasteiger partial charge in [-0.15, -0.1) is 12.6 Å². The number of carbonyl (C=O) groups excluding carboxylic acids is 1. The fraction of sp³-hybridized carbons (Fsp3) is 0.188. The lowest BCUT2D eigenvalue weighted by Crippen LogP contribution is -2.11. The molecule has 2 nitrogen and oxygen atoms in total. The summed E-state index contributed by atoms with van der Waals surface area (Å²) < 4.78 is 0. The Morgan fingerprint density at radius 2 is 1.79 bits per heavy atom. The fourth-order valence-electron chi connectivity index (χ4n) is 1.80. The molecule has 1 amide bonds. The molecule has 0 fully saturated rings. The predicted octanol–water partition coefficient (Wildman–Crippen LogP) is 4.35. The Morgan fingerprint density at radius 3 is 2.37 bits per heavy atom. The highest BCUT2D eigenvalue weighted by Gasteiger charge is 2.06. The zero-order chi connectivity index (χ0) is 13.8. The molecular weight excluding hydrogens is 254 g/mol. The molecule has 0 saturated carbocycles. The summed E-state index contributed by atoms with van der Waals surface area (Å²) in [4.78, 5) is 12.8. The third-order valence-electron chi connectivity index (χ3n) is 2.94. The van der Waals surface area contributed by atoms with Crippen molar-refractivity contribution in [3.05, 3.63) is 59.7 Å². The third kappa shape index (κ3) is 3.61. The number of anilines is 1. The van der Waals surface area contributed by atoms with E-state index in [1.54, 1.807) is 12.1 Å². The Labute approximate surface area is 119 Å². The van der Waals surface area contributed by atoms with Crippen LogP contribution in [0.3, 0.4) is 0 Å². The van der Waals surface area contributed by atoms with Crippen LogP contribution >= 0.6 is 12.6 Å². The Kier molecular flexibility index (Phi) is 4.27. The topological polar surface area (TPSA) is 29.1 Å². The average molecular weight is 271 g/mol. The lowest BCUT2D eigenvalue weighted by atomic mass is 10.0. The number of rotatable bonds is 3. The van der Waals surface area contributed by atoms with Crippen molar-refractivity contribution in [2.75, 3.05) is 5.32 Å². The minimum Gasteiger partial charge on any atom is -0.322 e. The van der Waals surface area contributed by atoms with Crippen LogP contribution < -0.4 is 5.32 Å². The molecule has 2 rings (SSSR count). The van der Waals surface area contributed by atoms with Crippen LogP contribution in [-0.4, -0.2) is 5.91 Å². The van der Waals surface area contributed by atoms with Gasteiger partial charge in [0.25, 0.3) is 5.91 Å². The monoisotopic (exact) mass is 271 g/mol. The van der Waals surface area contributed by atoms with Crippen molar-refractivity contribution in [1.29, 1.82) is 0 Å². The van der Waals surface area contributed by atoms with Gasteiger partial charge in [0.15, 0.2) is 0 Å². The average Bonchev–Trinajstić information content (AvgIpc) is 2.39. The molecule has 2 aromatic rings. The highest BCUT2D eigenvalue weighted by molar-refractivity contribution is 7.80. The van der Waals surface area contributed by atoms with E-state index in [1.807, 2.05) is 36.4 Å². The summed E-state index contributed by atoms with van der Waals surface area (Å²) in [6.45, 7) is 4.29. The molecule has 0 aliphatic heterocycles. The van der Waals surface area contributed by atoms with E-state index < -0.39 is 0 Å². The second kappa shape index (κ2) is 5.93. The number of benzene rings is 2. The second-order valence-corrected chi connectivity index (χ2v) is 5.30. The fourth-order valence-corrected chi connectivity index (χ4v) is 2.03. The van der Waals surface area contributed by atoms with E-state index in [2.05, 4.69) is 31.8 Å². The first-order chi connectivity index (χ1) is 9.06. The summed E-state index contributed by atoms with van der Waals surface area (Å²) in [6, 6.07) is 15.1. The quantitative estimate of drug-likeness (QED) is 0.798. The normalized spacial score (nSPS) is 10.5. The van der Waals surface area contributed by atoms with Gasteiger partial charge in [-0.25, -0.2) is 0 Å². The molecule has 19 heavy (non-hydrogen) atoms. The molecule has 0 aliphatic carbocycles. The van der Waals surface area contributed by atoms with Crippen LogP contribution in [-0.2, 0) is 0 Å². The molecule has 2 aromatic carbocycles. The van der Waals surface area contributed by atoms with Gasteiger partial charge in [-0.3, -0.25) is 4.79 Å². The van der Waals surface area contributed by atoms with Crippen LogP contribution in [0.25, 0.3) is 0 Å². The first-order valence-electron chi connectivity index (χ1n) is 6.26. The molecule has 0 unspecified atom stereocenters. The largest absolute Gasteiger partial charge is 0.322 e. The lowest BCUT2D eigenvalue weighted by molar-refractivity contribution is 0.102. The number of hydrogen-bond acceptors (Lipinski definition) is 2. The number of thiol groups is 1. The van der Waals surface area contributed by atoms with Gasteiger partial charge in [0.05, 0.1) is 0 Å². The molecule has 0 heterocycles. The number of carbonyl (C=O) groups is 1. The molecule has 3 heteroatoms. The molecule has 1 N–H and O–H groups in total. The first kappa shape index (κ1) is 13.7. The van der Waals surface area contributed by atoms with E-state index in [0.29, 0.717) is 11.5 Å². The highest BCUT2D eigenvalue weighted by Crippen LogP contribution is 2.18. The number of amides is 1. The van der Waals surface area contributed by atoms with Gasteiger partial charge in [0.1, 0.15) is 0 Å². The zero-order valence-electron chi connectivity index (χ0n) is 11.1. The van der Waals surface area contributed by atoms with E-state index in [1.165, 1.54) is 5.56 Å². The van der Waals surface area contributed by atoms with Crippen LogP contribution in [0.1, 0.15) is 35.7 Å². The van der Waals surface area contributed by atoms with Gasteiger partial charge in [-0.1, -0.05) is 32.0 Å². The molecule has 0 radical (unpaired) electrons. The number of hydrogen-bond donors (Lipinski definition) is 2. The number of nitrogens with one attached hydrogen (secondary N) is 1. The van der Waals surface area contributed by atoms with Gasteiger partial charge in [0, 0.05) is 16.1 Å². The molecule has 0 saturated heterocycles. The van der Waals surface area contributed by atoms with Crippen molar-refractivity contribution in [3.8, 4) is 0 Å². The summed E-state index contributed by atoms with van der Waals surface area (Å²) in [7, 11) is 0. The Bertz CT molecular complexity index is 576. The van der Waals surface area contributed by atoms with Crippen molar-refractivity contribution >= 4 is 24.2 Å². The predicted molar refractivity (Wildman–Crippen MR) is 82.2 cm³/mol. The smallest absolute Gasteiger partial charge is 0.255 e. The third-order valence-corrected chi connectivity index (χ3v) is 3.22. The van der Waals surface area contributed by atoms with E-state index in [4.69, 9.17) is 0 Å². The van der Waals surface area contributed by atoms with Crippen LogP contribution in [0.15, 0.2) is 53.4 Å². The summed E-state index contributed by atoms with van der Waals surface area (Å²) in [5.41, 5.74) is 2.68. The molecule has 0 spiro atoms. The maximum Gasteiger partial charge on any atom is 0.255 e. The van der Waals surface area contributed by atoms with Gasteiger partial charge in [-0.05, 0) is 41.8 Å². The van der Waals surface area contributed by atoms with Crippen molar-refractivity contribution in [2.45, 2.75) is 24.7 Å². The van der Waals surface area contributed by atoms with Gasteiger partial charge in [0.2, 0.25) is 0 Å². The minimum atomic E-state index is -0.117. The summed E-state index contributed by atoms with van der Waals surface area (Å²) >= 11 is 4.23. The molecule has 98 valence electrons. The van der Waals surface area contributed by atoms with E-state index in [9.17, 15) is 4.79 Å². The lowest BCUT2D eigenvalue weighted by Gasteiger charge is -2.08. The highest BCUT2D eigenvalue weighted by atomic mass is 32.1. The van der Waals surface area contributed by atoms with Crippen molar-refractivity contribution in [2.24, 2.45) is 0 Å². The Morgan fingerprint density at radius 1 is 1.11 bits per heavy atom. The Balaban J connectivity index is 2.10. The molecule has 0 aliphatic rings. The van der Waals surface area contributed by atoms with Crippen molar-refractivity contribution in [3.63, 3.8) is 0 Å². The molecular formula is C16H17NOS. The van der Waals surface area contributed by atoms with Gasteiger partial charge in [-0.2, -0.15) is 0 Å². The Hall–Kier alpha value is -1.74. The zero-order valence-corrected chi connectivity index (χ0v) is 11.9. The van der Waals surface area contributed by atoms with Gasteiger partial charge < -0.3 is 5.32 Å². The van der Waals surface area contributed by atoms with Crippen molar-refractivity contribution in [1.82, 2.24) is 0 Å². The molecule has 0 aromatic heterocycles. The van der Waals surface area contributed by atoms with Crippen LogP contribution in [0.2, 0.25) is 0 Å².